The van der Waals surface area contributed by atoms with E-state index in [-0.39, 0.29) is 33.0 Å². The van der Waals surface area contributed by atoms with E-state index in [1.54, 1.807) is 48.5 Å². The largest absolute Gasteiger partial charge is 0.497 e. The topological polar surface area (TPSA) is 189 Å². The minimum atomic E-state index is -3.73. The van der Waals surface area contributed by atoms with Gasteiger partial charge in [0.15, 0.2) is 29.5 Å². The summed E-state index contributed by atoms with van der Waals surface area (Å²) in [4.78, 5) is -0.639. The lowest BCUT2D eigenvalue weighted by Gasteiger charge is -2.30. The summed E-state index contributed by atoms with van der Waals surface area (Å²) >= 11 is 0. The molecular weight excluding hydrogens is 659 g/mol. The zero-order chi connectivity index (χ0) is 37.0. The highest BCUT2D eigenvalue weighted by atomic mass is 32.2. The van der Waals surface area contributed by atoms with Crippen molar-refractivity contribution in [2.75, 3.05) is 51.6 Å². The number of nitrogens with zero attached hydrogens (tertiary/aromatic N) is 2. The van der Waals surface area contributed by atoms with Gasteiger partial charge in [0.1, 0.15) is 41.0 Å². The van der Waals surface area contributed by atoms with E-state index in [9.17, 15) is 27.4 Å². The lowest BCUT2D eigenvalue weighted by molar-refractivity contribution is 0.303. The van der Waals surface area contributed by atoms with Crippen LogP contribution in [0.3, 0.4) is 0 Å². The molecule has 13 nitrogen and oxygen atoms in total. The highest BCUT2D eigenvalue weighted by molar-refractivity contribution is 7.95. The SMILES string of the molecule is COc1cc(NC(=C(C#N)S(C)(=O)=O)C(C)C)cc(OC)c1.COc1cc(NC(NC(C)C(C)(C)C)=C(C#N)S(C)(=O)=O)cc(OC)c1. The fourth-order valence-electron chi connectivity index (χ4n) is 3.78. The van der Waals surface area contributed by atoms with E-state index in [0.717, 1.165) is 12.5 Å². The first-order valence-electron chi connectivity index (χ1n) is 14.6. The molecular formula is C33H47N5O8S2. The molecule has 3 N–H and O–H groups in total. The highest BCUT2D eigenvalue weighted by Crippen LogP contribution is 2.30. The van der Waals surface area contributed by atoms with Gasteiger partial charge in [-0.15, -0.1) is 0 Å². The number of nitrogens with one attached hydrogen (secondary N) is 3. The van der Waals surface area contributed by atoms with Gasteiger partial charge in [-0.1, -0.05) is 34.6 Å². The van der Waals surface area contributed by atoms with Crippen molar-refractivity contribution in [3.63, 3.8) is 0 Å². The molecule has 0 spiro atoms. The normalized spacial score (nSPS) is 13.2. The Bertz CT molecular complexity index is 1750. The summed E-state index contributed by atoms with van der Waals surface area (Å²) < 4.78 is 68.5. The standard InChI is InChI=1S/C18H27N3O4S.C15H20N2O4S/c1-12(18(2,3)4)20-17(16(11-19)26(7,22)23)21-13-8-14(24-5)10-15(9-13)25-6;1-10(2)15(14(9-16)22(5,18)19)17-11-6-12(20-3)8-13(7-11)21-4/h8-10,12,20-21H,1-7H3;6-8,10,17H,1-5H3. The van der Waals surface area contributed by atoms with E-state index in [1.165, 1.54) is 28.4 Å². The first-order chi connectivity index (χ1) is 22.1. The van der Waals surface area contributed by atoms with Crippen molar-refractivity contribution < 1.29 is 35.8 Å². The molecule has 0 aliphatic heterocycles. The molecule has 1 atom stereocenters. The second kappa shape index (κ2) is 17.5. The van der Waals surface area contributed by atoms with Crippen molar-refractivity contribution in [1.82, 2.24) is 5.32 Å². The van der Waals surface area contributed by atoms with Gasteiger partial charge in [-0.2, -0.15) is 10.5 Å². The van der Waals surface area contributed by atoms with Crippen LogP contribution < -0.4 is 34.9 Å². The molecule has 0 aromatic heterocycles. The minimum Gasteiger partial charge on any atom is -0.497 e. The average Bonchev–Trinajstić information content (AvgIpc) is 2.99. The summed E-state index contributed by atoms with van der Waals surface area (Å²) in [7, 11) is -1.26. The van der Waals surface area contributed by atoms with Gasteiger partial charge in [0.05, 0.1) is 28.4 Å². The van der Waals surface area contributed by atoms with Crippen LogP contribution in [-0.2, 0) is 19.7 Å². The van der Waals surface area contributed by atoms with E-state index < -0.39 is 19.7 Å². The Labute approximate surface area is 285 Å². The molecule has 0 amide bonds. The molecule has 0 radical (unpaired) electrons. The predicted octanol–water partition coefficient (Wildman–Crippen LogP) is 5.43. The van der Waals surface area contributed by atoms with Gasteiger partial charge >= 0.3 is 0 Å². The van der Waals surface area contributed by atoms with Crippen LogP contribution in [0.15, 0.2) is 57.7 Å². The monoisotopic (exact) mass is 705 g/mol. The highest BCUT2D eigenvalue weighted by Gasteiger charge is 2.25. The molecule has 0 aliphatic carbocycles. The lowest BCUT2D eigenvalue weighted by atomic mass is 9.88. The Morgan fingerprint density at radius 2 is 1.02 bits per heavy atom. The third kappa shape index (κ3) is 12.5. The minimum absolute atomic E-state index is 0.109. The van der Waals surface area contributed by atoms with Gasteiger partial charge in [-0.05, 0) is 18.3 Å². The van der Waals surface area contributed by atoms with Crippen LogP contribution in [0.4, 0.5) is 11.4 Å². The zero-order valence-corrected chi connectivity index (χ0v) is 31.2. The number of hydrogen-bond donors (Lipinski definition) is 3. The molecule has 1 unspecified atom stereocenters. The van der Waals surface area contributed by atoms with Crippen LogP contribution in [0.25, 0.3) is 0 Å². The molecule has 2 rings (SSSR count). The fraction of sp³-hybridized carbons (Fsp3) is 0.455. The number of anilines is 2. The number of hydrogen-bond acceptors (Lipinski definition) is 13. The van der Waals surface area contributed by atoms with Crippen molar-refractivity contribution in [1.29, 1.82) is 10.5 Å². The summed E-state index contributed by atoms with van der Waals surface area (Å²) in [6.45, 7) is 11.6. The smallest absolute Gasteiger partial charge is 0.189 e. The fourth-order valence-corrected chi connectivity index (χ4v) is 5.28. The van der Waals surface area contributed by atoms with Crippen LogP contribution in [-0.4, -0.2) is 63.8 Å². The van der Waals surface area contributed by atoms with Crippen molar-refractivity contribution in [3.8, 4) is 35.1 Å². The van der Waals surface area contributed by atoms with E-state index in [2.05, 4.69) is 16.0 Å². The molecule has 264 valence electrons. The first kappa shape index (κ1) is 41.4. The number of benzene rings is 2. The molecule has 0 heterocycles. The van der Waals surface area contributed by atoms with E-state index in [4.69, 9.17) is 18.9 Å². The van der Waals surface area contributed by atoms with Crippen LogP contribution in [0.2, 0.25) is 0 Å². The number of nitriles is 2. The van der Waals surface area contributed by atoms with Crippen molar-refractivity contribution in [3.05, 3.63) is 57.7 Å². The molecule has 0 aliphatic rings. The van der Waals surface area contributed by atoms with Gasteiger partial charge in [0.25, 0.3) is 0 Å². The van der Waals surface area contributed by atoms with Crippen molar-refractivity contribution in [2.45, 2.75) is 47.6 Å². The van der Waals surface area contributed by atoms with Gasteiger partial charge in [0.2, 0.25) is 0 Å². The Morgan fingerprint density at radius 1 is 0.667 bits per heavy atom. The Morgan fingerprint density at radius 3 is 1.29 bits per heavy atom. The van der Waals surface area contributed by atoms with Gasteiger partial charge in [-0.25, -0.2) is 16.8 Å². The van der Waals surface area contributed by atoms with Crippen LogP contribution in [0.5, 0.6) is 23.0 Å². The van der Waals surface area contributed by atoms with Gasteiger partial charge < -0.3 is 34.9 Å². The molecule has 0 fully saturated rings. The summed E-state index contributed by atoms with van der Waals surface area (Å²) in [5, 5.41) is 27.7. The maximum Gasteiger partial charge on any atom is 0.189 e. The molecule has 2 aromatic carbocycles. The second-order valence-electron chi connectivity index (χ2n) is 12.1. The van der Waals surface area contributed by atoms with Crippen molar-refractivity contribution in [2.24, 2.45) is 11.3 Å². The third-order valence-electron chi connectivity index (χ3n) is 6.90. The number of ether oxygens (including phenoxy) is 4. The molecule has 0 saturated carbocycles. The number of sulfone groups is 2. The summed E-state index contributed by atoms with van der Waals surface area (Å²) in [5.74, 6) is 2.13. The number of rotatable bonds is 13. The van der Waals surface area contributed by atoms with Crippen LogP contribution >= 0.6 is 0 Å². The van der Waals surface area contributed by atoms with E-state index in [1.807, 2.05) is 41.5 Å². The summed E-state index contributed by atoms with van der Waals surface area (Å²) in [6.07, 6.45) is 2.02. The predicted molar refractivity (Wildman–Crippen MR) is 188 cm³/mol. The Kier molecular flexibility index (Phi) is 15.1. The van der Waals surface area contributed by atoms with Crippen molar-refractivity contribution >= 4 is 31.0 Å². The second-order valence-corrected chi connectivity index (χ2v) is 16.0. The maximum absolute atomic E-state index is 12.1. The quantitative estimate of drug-likeness (QED) is 0.224. The third-order valence-corrected chi connectivity index (χ3v) is 8.99. The van der Waals surface area contributed by atoms with Gasteiger partial charge in [-0.3, -0.25) is 0 Å². The lowest BCUT2D eigenvalue weighted by Crippen LogP contribution is -2.40. The Hall–Kier alpha value is -4.60. The summed E-state index contributed by atoms with van der Waals surface area (Å²) in [5.41, 5.74) is 1.29. The van der Waals surface area contributed by atoms with Gasteiger partial charge in [0, 0.05) is 72.0 Å². The molecule has 2 aromatic rings. The van der Waals surface area contributed by atoms with Crippen LogP contribution in [0.1, 0.15) is 41.5 Å². The molecule has 48 heavy (non-hydrogen) atoms. The van der Waals surface area contributed by atoms with Crippen LogP contribution in [0, 0.1) is 34.0 Å². The number of allylic oxidation sites excluding steroid dienone is 3. The summed E-state index contributed by atoms with van der Waals surface area (Å²) in [6, 6.07) is 13.6. The Balaban J connectivity index is 0.000000487. The average molecular weight is 706 g/mol. The molecule has 15 heteroatoms. The maximum atomic E-state index is 12.1. The molecule has 0 saturated heterocycles. The van der Waals surface area contributed by atoms with E-state index in [0.29, 0.717) is 40.1 Å². The zero-order valence-electron chi connectivity index (χ0n) is 29.6. The molecule has 0 bridgehead atoms. The first-order valence-corrected chi connectivity index (χ1v) is 18.4. The number of methoxy groups -OCH3 is 4. The van der Waals surface area contributed by atoms with E-state index >= 15 is 0 Å².